The maximum absolute atomic E-state index is 11.6. The number of halogens is 1. The number of benzene rings is 1. The van der Waals surface area contributed by atoms with Crippen molar-refractivity contribution in [2.24, 2.45) is 0 Å². The van der Waals surface area contributed by atoms with E-state index in [2.05, 4.69) is 21.2 Å². The van der Waals surface area contributed by atoms with Crippen molar-refractivity contribution in [2.75, 3.05) is 6.54 Å². The first-order valence-electron chi connectivity index (χ1n) is 5.37. The average Bonchev–Trinajstić information content (AvgIpc) is 2.28. The number of carbonyl (C=O) groups excluding carboxylic acids is 1. The van der Waals surface area contributed by atoms with Crippen LogP contribution in [0.4, 0.5) is 0 Å². The van der Waals surface area contributed by atoms with E-state index in [-0.39, 0.29) is 12.5 Å². The molecule has 0 aromatic heterocycles. The van der Waals surface area contributed by atoms with Crippen molar-refractivity contribution >= 4 is 21.8 Å². The van der Waals surface area contributed by atoms with E-state index < -0.39 is 12.2 Å². The predicted octanol–water partition coefficient (Wildman–Crippen LogP) is 1.71. The Morgan fingerprint density at radius 3 is 2.53 bits per heavy atom. The number of amides is 1. The molecule has 17 heavy (non-hydrogen) atoms. The third kappa shape index (κ3) is 5.19. The SMILES string of the molecule is CC(Oc1ccc(Br)cc1)C(=O)NC[C@@H](C)O. The van der Waals surface area contributed by atoms with Gasteiger partial charge in [0.2, 0.25) is 0 Å². The van der Waals surface area contributed by atoms with E-state index in [1.54, 1.807) is 26.0 Å². The molecule has 0 spiro atoms. The molecular formula is C12H16BrNO3. The number of aliphatic hydroxyl groups excluding tert-OH is 1. The molecule has 2 N–H and O–H groups in total. The first kappa shape index (κ1) is 14.0. The first-order valence-corrected chi connectivity index (χ1v) is 6.16. The lowest BCUT2D eigenvalue weighted by Crippen LogP contribution is -2.39. The molecule has 1 aromatic rings. The summed E-state index contributed by atoms with van der Waals surface area (Å²) in [6.45, 7) is 3.51. The van der Waals surface area contributed by atoms with E-state index in [0.717, 1.165) is 4.47 Å². The number of aliphatic hydroxyl groups is 1. The molecule has 94 valence electrons. The van der Waals surface area contributed by atoms with Crippen molar-refractivity contribution in [1.82, 2.24) is 5.32 Å². The van der Waals surface area contributed by atoms with Gasteiger partial charge in [-0.05, 0) is 38.1 Å². The fourth-order valence-corrected chi connectivity index (χ4v) is 1.43. The van der Waals surface area contributed by atoms with E-state index >= 15 is 0 Å². The monoisotopic (exact) mass is 301 g/mol. The fourth-order valence-electron chi connectivity index (χ4n) is 1.16. The standard InChI is InChI=1S/C12H16BrNO3/c1-8(15)7-14-12(16)9(2)17-11-5-3-10(13)4-6-11/h3-6,8-9,15H,7H2,1-2H3,(H,14,16)/t8-,9?/m1/s1. The molecule has 0 saturated carbocycles. The Kier molecular flexibility index (Phi) is 5.44. The van der Waals surface area contributed by atoms with Gasteiger partial charge in [0, 0.05) is 11.0 Å². The summed E-state index contributed by atoms with van der Waals surface area (Å²) in [5.74, 6) is 0.390. The maximum Gasteiger partial charge on any atom is 0.260 e. The molecule has 1 aromatic carbocycles. The van der Waals surface area contributed by atoms with Crippen LogP contribution in [0.5, 0.6) is 5.75 Å². The van der Waals surface area contributed by atoms with Crippen LogP contribution < -0.4 is 10.1 Å². The second-order valence-electron chi connectivity index (χ2n) is 3.81. The molecule has 5 heteroatoms. The minimum atomic E-state index is -0.588. The molecule has 0 fully saturated rings. The summed E-state index contributed by atoms with van der Waals surface area (Å²) in [6.07, 6.45) is -1.14. The largest absolute Gasteiger partial charge is 0.481 e. The molecule has 0 saturated heterocycles. The number of rotatable bonds is 5. The first-order chi connectivity index (χ1) is 7.99. The van der Waals surface area contributed by atoms with Crippen LogP contribution in [0.1, 0.15) is 13.8 Å². The van der Waals surface area contributed by atoms with E-state index in [9.17, 15) is 4.79 Å². The van der Waals surface area contributed by atoms with Gasteiger partial charge in [-0.3, -0.25) is 4.79 Å². The molecule has 0 bridgehead atoms. The highest BCUT2D eigenvalue weighted by atomic mass is 79.9. The van der Waals surface area contributed by atoms with Crippen molar-refractivity contribution in [3.05, 3.63) is 28.7 Å². The molecule has 0 aliphatic rings. The zero-order valence-corrected chi connectivity index (χ0v) is 11.4. The Labute approximate surface area is 109 Å². The molecule has 4 nitrogen and oxygen atoms in total. The van der Waals surface area contributed by atoms with Gasteiger partial charge in [-0.25, -0.2) is 0 Å². The van der Waals surface area contributed by atoms with Crippen LogP contribution >= 0.6 is 15.9 Å². The highest BCUT2D eigenvalue weighted by Gasteiger charge is 2.14. The van der Waals surface area contributed by atoms with Gasteiger partial charge in [0.1, 0.15) is 5.75 Å². The van der Waals surface area contributed by atoms with Gasteiger partial charge in [0.15, 0.2) is 6.10 Å². The molecule has 0 heterocycles. The zero-order valence-electron chi connectivity index (χ0n) is 9.81. The normalized spacial score (nSPS) is 13.9. The number of nitrogens with one attached hydrogen (secondary N) is 1. The number of hydrogen-bond donors (Lipinski definition) is 2. The molecule has 2 atom stereocenters. The Morgan fingerprint density at radius 2 is 2.00 bits per heavy atom. The number of carbonyl (C=O) groups is 1. The van der Waals surface area contributed by atoms with Gasteiger partial charge in [-0.2, -0.15) is 0 Å². The van der Waals surface area contributed by atoms with Crippen LogP contribution in [0.25, 0.3) is 0 Å². The second-order valence-corrected chi connectivity index (χ2v) is 4.72. The summed E-state index contributed by atoms with van der Waals surface area (Å²) in [7, 11) is 0. The fraction of sp³-hybridized carbons (Fsp3) is 0.417. The van der Waals surface area contributed by atoms with E-state index in [1.807, 2.05) is 12.1 Å². The smallest absolute Gasteiger partial charge is 0.260 e. The molecule has 0 aliphatic carbocycles. The average molecular weight is 302 g/mol. The van der Waals surface area contributed by atoms with Gasteiger partial charge >= 0.3 is 0 Å². The summed E-state index contributed by atoms with van der Waals surface area (Å²) in [5, 5.41) is 11.6. The molecule has 1 rings (SSSR count). The van der Waals surface area contributed by atoms with Crippen molar-refractivity contribution < 1.29 is 14.6 Å². The van der Waals surface area contributed by atoms with Gasteiger partial charge in [-0.1, -0.05) is 15.9 Å². The van der Waals surface area contributed by atoms with Gasteiger partial charge in [-0.15, -0.1) is 0 Å². The lowest BCUT2D eigenvalue weighted by atomic mass is 10.3. The Morgan fingerprint density at radius 1 is 1.41 bits per heavy atom. The van der Waals surface area contributed by atoms with Crippen LogP contribution in [-0.2, 0) is 4.79 Å². The zero-order chi connectivity index (χ0) is 12.8. The van der Waals surface area contributed by atoms with Crippen LogP contribution in [-0.4, -0.2) is 29.8 Å². The lowest BCUT2D eigenvalue weighted by Gasteiger charge is -2.15. The minimum absolute atomic E-state index is 0.229. The van der Waals surface area contributed by atoms with Crippen molar-refractivity contribution in [3.63, 3.8) is 0 Å². The van der Waals surface area contributed by atoms with Crippen LogP contribution in [0.15, 0.2) is 28.7 Å². The van der Waals surface area contributed by atoms with E-state index in [0.29, 0.717) is 5.75 Å². The third-order valence-corrected chi connectivity index (χ3v) is 2.60. The number of hydrogen-bond acceptors (Lipinski definition) is 3. The van der Waals surface area contributed by atoms with Crippen molar-refractivity contribution in [2.45, 2.75) is 26.1 Å². The van der Waals surface area contributed by atoms with Crippen LogP contribution in [0, 0.1) is 0 Å². The van der Waals surface area contributed by atoms with Crippen molar-refractivity contribution in [3.8, 4) is 5.75 Å². The van der Waals surface area contributed by atoms with Gasteiger partial charge in [0.05, 0.1) is 6.10 Å². The van der Waals surface area contributed by atoms with Crippen molar-refractivity contribution in [1.29, 1.82) is 0 Å². The predicted molar refractivity (Wildman–Crippen MR) is 68.9 cm³/mol. The topological polar surface area (TPSA) is 58.6 Å². The summed E-state index contributed by atoms with van der Waals surface area (Å²) >= 11 is 3.32. The highest BCUT2D eigenvalue weighted by molar-refractivity contribution is 9.10. The number of ether oxygens (including phenoxy) is 1. The minimum Gasteiger partial charge on any atom is -0.481 e. The lowest BCUT2D eigenvalue weighted by molar-refractivity contribution is -0.127. The molecule has 1 unspecified atom stereocenters. The molecular weight excluding hydrogens is 286 g/mol. The highest BCUT2D eigenvalue weighted by Crippen LogP contribution is 2.17. The molecule has 1 amide bonds. The quantitative estimate of drug-likeness (QED) is 0.870. The van der Waals surface area contributed by atoms with Crippen LogP contribution in [0.3, 0.4) is 0 Å². The van der Waals surface area contributed by atoms with Gasteiger partial charge < -0.3 is 15.2 Å². The Hall–Kier alpha value is -1.07. The second kappa shape index (κ2) is 6.61. The Bertz CT molecular complexity index is 365. The molecule has 0 aliphatic heterocycles. The third-order valence-electron chi connectivity index (χ3n) is 2.07. The van der Waals surface area contributed by atoms with E-state index in [4.69, 9.17) is 9.84 Å². The Balaban J connectivity index is 2.45. The van der Waals surface area contributed by atoms with Crippen LogP contribution in [0.2, 0.25) is 0 Å². The summed E-state index contributed by atoms with van der Waals surface area (Å²) in [5.41, 5.74) is 0. The summed E-state index contributed by atoms with van der Waals surface area (Å²) in [6, 6.07) is 7.25. The van der Waals surface area contributed by atoms with Gasteiger partial charge in [0.25, 0.3) is 5.91 Å². The summed E-state index contributed by atoms with van der Waals surface area (Å²) < 4.78 is 6.40. The van der Waals surface area contributed by atoms with E-state index in [1.165, 1.54) is 0 Å². The molecule has 0 radical (unpaired) electrons. The summed E-state index contributed by atoms with van der Waals surface area (Å²) in [4.78, 5) is 11.6. The maximum atomic E-state index is 11.6.